The Morgan fingerprint density at radius 1 is 1.26 bits per heavy atom. The summed E-state index contributed by atoms with van der Waals surface area (Å²) >= 11 is 3.40. The largest absolute Gasteiger partial charge is 0.356 e. The van der Waals surface area contributed by atoms with Gasteiger partial charge in [0.15, 0.2) is 0 Å². The van der Waals surface area contributed by atoms with Crippen LogP contribution < -0.4 is 10.6 Å². The second kappa shape index (κ2) is 7.93. The van der Waals surface area contributed by atoms with E-state index in [-0.39, 0.29) is 23.7 Å². The van der Waals surface area contributed by atoms with E-state index in [9.17, 15) is 9.59 Å². The van der Waals surface area contributed by atoms with E-state index in [0.29, 0.717) is 13.0 Å². The Labute approximate surface area is 145 Å². The summed E-state index contributed by atoms with van der Waals surface area (Å²) in [6.45, 7) is 3.55. The summed E-state index contributed by atoms with van der Waals surface area (Å²) < 4.78 is 0.981. The minimum absolute atomic E-state index is 0.00330. The van der Waals surface area contributed by atoms with Gasteiger partial charge in [0, 0.05) is 16.7 Å². The van der Waals surface area contributed by atoms with Gasteiger partial charge in [-0.15, -0.1) is 0 Å². The van der Waals surface area contributed by atoms with E-state index in [1.54, 1.807) is 0 Å². The van der Waals surface area contributed by atoms with Gasteiger partial charge >= 0.3 is 0 Å². The lowest BCUT2D eigenvalue weighted by Gasteiger charge is -2.10. The Hall–Kier alpha value is -1.40. The highest BCUT2D eigenvalue weighted by molar-refractivity contribution is 9.10. The van der Waals surface area contributed by atoms with Crippen molar-refractivity contribution in [2.45, 2.75) is 19.8 Å². The quantitative estimate of drug-likeness (QED) is 0.712. The molecule has 1 aromatic rings. The van der Waals surface area contributed by atoms with Crippen molar-refractivity contribution in [3.8, 4) is 0 Å². The van der Waals surface area contributed by atoms with Crippen LogP contribution in [0.3, 0.4) is 0 Å². The molecule has 2 rings (SSSR count). The van der Waals surface area contributed by atoms with E-state index in [1.807, 2.05) is 39.2 Å². The van der Waals surface area contributed by atoms with Crippen LogP contribution in [-0.2, 0) is 9.59 Å². The Bertz CT molecular complexity index is 589. The highest BCUT2D eigenvalue weighted by Gasteiger charge is 2.47. The summed E-state index contributed by atoms with van der Waals surface area (Å²) in [5.74, 6) is -0.447. The van der Waals surface area contributed by atoms with Gasteiger partial charge in [0.1, 0.15) is 0 Å². The number of nitrogens with one attached hydrogen (secondary N) is 2. The topological polar surface area (TPSA) is 61.4 Å². The Morgan fingerprint density at radius 3 is 2.61 bits per heavy atom. The lowest BCUT2D eigenvalue weighted by atomic mass is 10.2. The van der Waals surface area contributed by atoms with Crippen molar-refractivity contribution in [3.05, 3.63) is 28.2 Å². The van der Waals surface area contributed by atoms with Crippen LogP contribution in [0.5, 0.6) is 0 Å². The van der Waals surface area contributed by atoms with Crippen LogP contribution in [0.1, 0.15) is 18.4 Å². The molecule has 2 atom stereocenters. The van der Waals surface area contributed by atoms with Crippen LogP contribution >= 0.6 is 15.9 Å². The molecule has 0 aliphatic heterocycles. The van der Waals surface area contributed by atoms with E-state index >= 15 is 0 Å². The number of nitrogens with zero attached hydrogens (tertiary/aromatic N) is 1. The van der Waals surface area contributed by atoms with Crippen LogP contribution in [0.2, 0.25) is 0 Å². The third-order valence-corrected chi connectivity index (χ3v) is 4.48. The first-order valence-corrected chi connectivity index (χ1v) is 8.67. The molecule has 1 aliphatic rings. The van der Waals surface area contributed by atoms with Crippen molar-refractivity contribution in [1.82, 2.24) is 10.2 Å². The number of hydrogen-bond acceptors (Lipinski definition) is 3. The summed E-state index contributed by atoms with van der Waals surface area (Å²) in [4.78, 5) is 26.3. The van der Waals surface area contributed by atoms with Gasteiger partial charge in [-0.25, -0.2) is 0 Å². The molecule has 0 heterocycles. The minimum atomic E-state index is -0.202. The maximum absolute atomic E-state index is 12.2. The predicted octanol–water partition coefficient (Wildman–Crippen LogP) is 2.40. The van der Waals surface area contributed by atoms with E-state index in [4.69, 9.17) is 0 Å². The van der Waals surface area contributed by atoms with E-state index < -0.39 is 0 Å². The van der Waals surface area contributed by atoms with Crippen molar-refractivity contribution in [1.29, 1.82) is 0 Å². The van der Waals surface area contributed by atoms with E-state index in [1.165, 1.54) is 0 Å². The SMILES string of the molecule is Cc1cc(Br)ccc1NC(=O)C1CC1C(=O)NCCCN(C)C. The van der Waals surface area contributed by atoms with Gasteiger partial charge in [-0.05, 0) is 64.2 Å². The molecule has 2 N–H and O–H groups in total. The zero-order valence-corrected chi connectivity index (χ0v) is 15.4. The molecule has 2 amide bonds. The number of aryl methyl sites for hydroxylation is 1. The molecule has 0 saturated heterocycles. The van der Waals surface area contributed by atoms with Crippen LogP contribution in [-0.4, -0.2) is 43.9 Å². The van der Waals surface area contributed by atoms with E-state index in [2.05, 4.69) is 31.5 Å². The van der Waals surface area contributed by atoms with E-state index in [0.717, 1.165) is 28.7 Å². The number of anilines is 1. The summed E-state index contributed by atoms with van der Waals surface area (Å²) in [5, 5.41) is 5.84. The second-order valence-electron chi connectivity index (χ2n) is 6.35. The first kappa shape index (κ1) is 17.9. The van der Waals surface area contributed by atoms with Crippen molar-refractivity contribution >= 4 is 33.4 Å². The summed E-state index contributed by atoms with van der Waals surface area (Å²) in [5.41, 5.74) is 1.80. The lowest BCUT2D eigenvalue weighted by Crippen LogP contribution is -2.30. The molecule has 1 aliphatic carbocycles. The smallest absolute Gasteiger partial charge is 0.228 e. The third-order valence-electron chi connectivity index (χ3n) is 3.99. The predicted molar refractivity (Wildman–Crippen MR) is 95.3 cm³/mol. The first-order chi connectivity index (χ1) is 10.9. The minimum Gasteiger partial charge on any atom is -0.356 e. The van der Waals surface area contributed by atoms with Crippen molar-refractivity contribution < 1.29 is 9.59 Å². The number of halogens is 1. The van der Waals surface area contributed by atoms with Crippen LogP contribution in [0.25, 0.3) is 0 Å². The molecule has 2 unspecified atom stereocenters. The zero-order valence-electron chi connectivity index (χ0n) is 13.9. The fourth-order valence-electron chi connectivity index (χ4n) is 2.51. The lowest BCUT2D eigenvalue weighted by molar-refractivity contribution is -0.125. The molecule has 5 nitrogen and oxygen atoms in total. The van der Waals surface area contributed by atoms with Gasteiger partial charge in [0.2, 0.25) is 11.8 Å². The van der Waals surface area contributed by atoms with Crippen LogP contribution in [0.15, 0.2) is 22.7 Å². The Balaban J connectivity index is 1.76. The average molecular weight is 382 g/mol. The first-order valence-electron chi connectivity index (χ1n) is 7.88. The Kier molecular flexibility index (Phi) is 6.18. The molecular formula is C17H24BrN3O2. The fraction of sp³-hybridized carbons (Fsp3) is 0.529. The number of hydrogen-bond donors (Lipinski definition) is 2. The summed E-state index contributed by atoms with van der Waals surface area (Å²) in [6.07, 6.45) is 1.56. The highest BCUT2D eigenvalue weighted by Crippen LogP contribution is 2.39. The standard InChI is InChI=1S/C17H24BrN3O2/c1-11-9-12(18)5-6-15(11)20-17(23)14-10-13(14)16(22)19-7-4-8-21(2)3/h5-6,9,13-14H,4,7-8,10H2,1-3H3,(H,19,22)(H,20,23). The molecule has 1 aromatic carbocycles. The molecule has 0 radical (unpaired) electrons. The van der Waals surface area contributed by atoms with Gasteiger partial charge in [-0.3, -0.25) is 9.59 Å². The van der Waals surface area contributed by atoms with Gasteiger partial charge < -0.3 is 15.5 Å². The van der Waals surface area contributed by atoms with Gasteiger partial charge in [-0.1, -0.05) is 15.9 Å². The van der Waals surface area contributed by atoms with Crippen molar-refractivity contribution in [2.24, 2.45) is 11.8 Å². The van der Waals surface area contributed by atoms with Gasteiger partial charge in [-0.2, -0.15) is 0 Å². The van der Waals surface area contributed by atoms with Crippen LogP contribution in [0, 0.1) is 18.8 Å². The molecule has 1 fully saturated rings. The molecule has 0 spiro atoms. The number of rotatable bonds is 7. The molecule has 126 valence electrons. The molecule has 0 bridgehead atoms. The number of amides is 2. The fourth-order valence-corrected chi connectivity index (χ4v) is 2.98. The van der Waals surface area contributed by atoms with Crippen LogP contribution in [0.4, 0.5) is 5.69 Å². The highest BCUT2D eigenvalue weighted by atomic mass is 79.9. The van der Waals surface area contributed by atoms with Gasteiger partial charge in [0.25, 0.3) is 0 Å². The normalized spacial score (nSPS) is 19.5. The molecule has 0 aromatic heterocycles. The molecule has 6 heteroatoms. The number of carbonyl (C=O) groups is 2. The van der Waals surface area contributed by atoms with Crippen molar-refractivity contribution in [3.63, 3.8) is 0 Å². The van der Waals surface area contributed by atoms with Crippen molar-refractivity contribution in [2.75, 3.05) is 32.5 Å². The zero-order chi connectivity index (χ0) is 17.0. The molecular weight excluding hydrogens is 358 g/mol. The van der Waals surface area contributed by atoms with Gasteiger partial charge in [0.05, 0.1) is 11.8 Å². The molecule has 1 saturated carbocycles. The second-order valence-corrected chi connectivity index (χ2v) is 7.26. The summed E-state index contributed by atoms with van der Waals surface area (Å²) in [7, 11) is 4.01. The number of benzene rings is 1. The summed E-state index contributed by atoms with van der Waals surface area (Å²) in [6, 6.07) is 5.72. The monoisotopic (exact) mass is 381 g/mol. The maximum Gasteiger partial charge on any atom is 0.228 e. The molecule has 23 heavy (non-hydrogen) atoms. The Morgan fingerprint density at radius 2 is 1.96 bits per heavy atom. The maximum atomic E-state index is 12.2. The third kappa shape index (κ3) is 5.32. The average Bonchev–Trinajstić information content (AvgIpc) is 3.26. The number of carbonyl (C=O) groups excluding carboxylic acids is 2.